The molecule has 4 nitrogen and oxygen atoms in total. The largest absolute Gasteiger partial charge is 0.206 e. The molecule has 0 aliphatic heterocycles. The van der Waals surface area contributed by atoms with E-state index in [0.29, 0.717) is 11.1 Å². The van der Waals surface area contributed by atoms with E-state index in [1.165, 1.54) is 12.1 Å². The van der Waals surface area contributed by atoms with E-state index in [2.05, 4.69) is 0 Å². The van der Waals surface area contributed by atoms with Crippen molar-refractivity contribution in [3.8, 4) is 24.3 Å². The SMILES string of the molecule is N#CC(C#N)=C1CC(=C(C#N)C#N)c2c(F)cccc21. The molecule has 0 radical (unpaired) electrons. The zero-order valence-corrected chi connectivity index (χ0v) is 10.1. The number of nitrogens with zero attached hydrogens (tertiary/aromatic N) is 4. The van der Waals surface area contributed by atoms with E-state index in [4.69, 9.17) is 21.0 Å². The van der Waals surface area contributed by atoms with E-state index in [1.54, 1.807) is 30.3 Å². The minimum Gasteiger partial charge on any atom is -0.206 e. The molecule has 0 saturated heterocycles. The Labute approximate surface area is 114 Å². The van der Waals surface area contributed by atoms with Crippen molar-refractivity contribution in [3.05, 3.63) is 46.3 Å². The number of benzene rings is 1. The summed E-state index contributed by atoms with van der Waals surface area (Å²) in [5, 5.41) is 35.8. The van der Waals surface area contributed by atoms with E-state index in [0.717, 1.165) is 0 Å². The van der Waals surface area contributed by atoms with Crippen LogP contribution in [0.3, 0.4) is 0 Å². The number of nitriles is 4. The molecule has 1 aromatic carbocycles. The van der Waals surface area contributed by atoms with Crippen LogP contribution in [0.25, 0.3) is 11.1 Å². The first kappa shape index (κ1) is 13.0. The monoisotopic (exact) mass is 260 g/mol. The topological polar surface area (TPSA) is 95.2 Å². The maximum Gasteiger partial charge on any atom is 0.133 e. The summed E-state index contributed by atoms with van der Waals surface area (Å²) in [6.45, 7) is 0. The molecule has 0 aromatic heterocycles. The molecule has 0 N–H and O–H groups in total. The molecule has 0 spiro atoms. The average molecular weight is 260 g/mol. The molecule has 0 heterocycles. The van der Waals surface area contributed by atoms with E-state index in [-0.39, 0.29) is 28.7 Å². The number of halogens is 1. The minimum absolute atomic E-state index is 0.0309. The van der Waals surface area contributed by atoms with Crippen LogP contribution in [0.2, 0.25) is 0 Å². The normalized spacial score (nSPS) is 11.7. The van der Waals surface area contributed by atoms with Gasteiger partial charge in [-0.05, 0) is 22.8 Å². The van der Waals surface area contributed by atoms with Crippen molar-refractivity contribution < 1.29 is 4.39 Å². The Hall–Kier alpha value is -3.41. The van der Waals surface area contributed by atoms with Crippen LogP contribution in [0.5, 0.6) is 0 Å². The number of hydrogen-bond acceptors (Lipinski definition) is 4. The zero-order chi connectivity index (χ0) is 14.7. The summed E-state index contributed by atoms with van der Waals surface area (Å²) >= 11 is 0. The molecule has 92 valence electrons. The Bertz CT molecular complexity index is 801. The predicted octanol–water partition coefficient (Wildman–Crippen LogP) is 2.83. The van der Waals surface area contributed by atoms with Gasteiger partial charge >= 0.3 is 0 Å². The number of allylic oxidation sites excluding steroid dienone is 4. The average Bonchev–Trinajstić information content (AvgIpc) is 2.83. The molecule has 20 heavy (non-hydrogen) atoms. The molecule has 2 rings (SSSR count). The van der Waals surface area contributed by atoms with Crippen LogP contribution < -0.4 is 0 Å². The quantitative estimate of drug-likeness (QED) is 0.670. The molecule has 0 atom stereocenters. The zero-order valence-electron chi connectivity index (χ0n) is 10.1. The molecular formula is C15H5FN4. The second-order valence-corrected chi connectivity index (χ2v) is 3.99. The van der Waals surface area contributed by atoms with E-state index in [9.17, 15) is 4.39 Å². The molecule has 0 unspecified atom stereocenters. The van der Waals surface area contributed by atoms with Crippen molar-refractivity contribution >= 4 is 11.1 Å². The van der Waals surface area contributed by atoms with Crippen LogP contribution in [0, 0.1) is 51.1 Å². The Morgan fingerprint density at radius 2 is 1.45 bits per heavy atom. The third-order valence-electron chi connectivity index (χ3n) is 3.04. The van der Waals surface area contributed by atoms with Crippen LogP contribution in [0.1, 0.15) is 17.5 Å². The lowest BCUT2D eigenvalue weighted by molar-refractivity contribution is 0.624. The van der Waals surface area contributed by atoms with Gasteiger partial charge in [-0.25, -0.2) is 4.39 Å². The van der Waals surface area contributed by atoms with Gasteiger partial charge in [0.1, 0.15) is 41.2 Å². The van der Waals surface area contributed by atoms with Crippen molar-refractivity contribution in [1.29, 1.82) is 21.0 Å². The summed E-state index contributed by atoms with van der Waals surface area (Å²) in [5.41, 5.74) is 0.747. The first-order valence-corrected chi connectivity index (χ1v) is 5.53. The highest BCUT2D eigenvalue weighted by atomic mass is 19.1. The summed E-state index contributed by atoms with van der Waals surface area (Å²) in [5.74, 6) is -0.578. The summed E-state index contributed by atoms with van der Waals surface area (Å²) in [4.78, 5) is 0. The first-order valence-electron chi connectivity index (χ1n) is 5.53. The fraction of sp³-hybridized carbons (Fsp3) is 0.0667. The minimum atomic E-state index is -0.578. The fourth-order valence-electron chi connectivity index (χ4n) is 2.20. The summed E-state index contributed by atoms with van der Waals surface area (Å²) < 4.78 is 14.0. The van der Waals surface area contributed by atoms with Gasteiger partial charge in [-0.2, -0.15) is 21.0 Å². The van der Waals surface area contributed by atoms with Crippen LogP contribution in [-0.4, -0.2) is 0 Å². The second kappa shape index (κ2) is 5.07. The number of hydrogen-bond donors (Lipinski definition) is 0. The standard InChI is InChI=1S/C15H5FN4/c16-14-3-1-2-11-12(9(5-17)6-18)4-13(15(11)14)10(7-19)8-20/h1-3H,4H2. The van der Waals surface area contributed by atoms with Crippen LogP contribution in [0.15, 0.2) is 29.3 Å². The lowest BCUT2D eigenvalue weighted by atomic mass is 10.0. The van der Waals surface area contributed by atoms with Crippen molar-refractivity contribution in [2.45, 2.75) is 6.42 Å². The fourth-order valence-corrected chi connectivity index (χ4v) is 2.20. The third kappa shape index (κ3) is 1.81. The van der Waals surface area contributed by atoms with E-state index in [1.807, 2.05) is 0 Å². The Morgan fingerprint density at radius 1 is 0.900 bits per heavy atom. The van der Waals surface area contributed by atoms with Gasteiger partial charge in [0.2, 0.25) is 0 Å². The summed E-state index contributed by atoms with van der Waals surface area (Å²) in [7, 11) is 0. The number of fused-ring (bicyclic) bond motifs is 1. The second-order valence-electron chi connectivity index (χ2n) is 3.99. The smallest absolute Gasteiger partial charge is 0.133 e. The lowest BCUT2D eigenvalue weighted by Gasteiger charge is -2.01. The van der Waals surface area contributed by atoms with Crippen LogP contribution >= 0.6 is 0 Å². The van der Waals surface area contributed by atoms with Gasteiger partial charge in [0, 0.05) is 12.0 Å². The van der Waals surface area contributed by atoms with Gasteiger partial charge in [-0.1, -0.05) is 12.1 Å². The third-order valence-corrected chi connectivity index (χ3v) is 3.04. The highest BCUT2D eigenvalue weighted by molar-refractivity contribution is 5.98. The Kier molecular flexibility index (Phi) is 3.30. The highest BCUT2D eigenvalue weighted by Crippen LogP contribution is 2.44. The lowest BCUT2D eigenvalue weighted by Crippen LogP contribution is -1.89. The maximum absolute atomic E-state index is 14.0. The van der Waals surface area contributed by atoms with Crippen molar-refractivity contribution in [1.82, 2.24) is 0 Å². The molecule has 1 aromatic rings. The molecule has 0 saturated carbocycles. The van der Waals surface area contributed by atoms with E-state index >= 15 is 0 Å². The predicted molar refractivity (Wildman–Crippen MR) is 67.3 cm³/mol. The van der Waals surface area contributed by atoms with E-state index < -0.39 is 5.82 Å². The van der Waals surface area contributed by atoms with Gasteiger partial charge < -0.3 is 0 Å². The van der Waals surface area contributed by atoms with Gasteiger partial charge in [0.15, 0.2) is 0 Å². The molecule has 5 heteroatoms. The van der Waals surface area contributed by atoms with Gasteiger partial charge in [0.25, 0.3) is 0 Å². The molecular weight excluding hydrogens is 255 g/mol. The molecule has 1 aliphatic rings. The summed E-state index contributed by atoms with van der Waals surface area (Å²) in [6.07, 6.45) is 0.0309. The molecule has 0 bridgehead atoms. The van der Waals surface area contributed by atoms with Crippen molar-refractivity contribution in [2.75, 3.05) is 0 Å². The van der Waals surface area contributed by atoms with Crippen molar-refractivity contribution in [3.63, 3.8) is 0 Å². The number of rotatable bonds is 0. The summed E-state index contributed by atoms with van der Waals surface area (Å²) in [6, 6.07) is 11.2. The Morgan fingerprint density at radius 3 is 2.00 bits per heavy atom. The molecule has 1 aliphatic carbocycles. The highest BCUT2D eigenvalue weighted by Gasteiger charge is 2.29. The van der Waals surface area contributed by atoms with Gasteiger partial charge in [-0.15, -0.1) is 0 Å². The molecule has 0 amide bonds. The van der Waals surface area contributed by atoms with Crippen LogP contribution in [0.4, 0.5) is 4.39 Å². The van der Waals surface area contributed by atoms with Gasteiger partial charge in [-0.3, -0.25) is 0 Å². The first-order chi connectivity index (χ1) is 9.67. The maximum atomic E-state index is 14.0. The Balaban J connectivity index is 2.90. The van der Waals surface area contributed by atoms with Crippen molar-refractivity contribution in [2.24, 2.45) is 0 Å². The van der Waals surface area contributed by atoms with Gasteiger partial charge in [0.05, 0.1) is 0 Å². The molecule has 0 fully saturated rings. The van der Waals surface area contributed by atoms with Crippen LogP contribution in [-0.2, 0) is 0 Å².